The molecule has 1 N–H and O–H groups in total. The lowest BCUT2D eigenvalue weighted by atomic mass is 9.73. The average molecular weight is 259 g/mol. The summed E-state index contributed by atoms with van der Waals surface area (Å²) in [4.78, 5) is 0. The maximum Gasteiger partial charge on any atom is 0.0652 e. The Balaban J connectivity index is 1.70. The Hall–Kier alpha value is -1.31. The highest BCUT2D eigenvalue weighted by atomic mass is 35.5. The van der Waals surface area contributed by atoms with Gasteiger partial charge in [-0.3, -0.25) is 0 Å². The molecule has 2 aromatic rings. The standard InChI is InChI=1S/C16H15ClO/c17-13-7-5-11(6-8-13)9-16(18)15-10-12-3-1-2-4-14(12)15/h1-8,15-16,18H,9-10H2. The molecule has 0 fully saturated rings. The van der Waals surface area contributed by atoms with Crippen molar-refractivity contribution in [1.82, 2.24) is 0 Å². The number of aliphatic hydroxyl groups is 1. The van der Waals surface area contributed by atoms with Crippen molar-refractivity contribution in [3.8, 4) is 0 Å². The molecule has 0 saturated heterocycles. The Morgan fingerprint density at radius 2 is 1.83 bits per heavy atom. The zero-order valence-electron chi connectivity index (χ0n) is 10.0. The molecule has 1 aliphatic rings. The number of rotatable bonds is 3. The van der Waals surface area contributed by atoms with Crippen LogP contribution < -0.4 is 0 Å². The number of hydrogen-bond donors (Lipinski definition) is 1. The van der Waals surface area contributed by atoms with Crippen LogP contribution in [0.2, 0.25) is 5.02 Å². The SMILES string of the molecule is OC(Cc1ccc(Cl)cc1)C1Cc2ccccc21. The third-order valence-corrected chi connectivity index (χ3v) is 3.97. The van der Waals surface area contributed by atoms with E-state index in [0.717, 1.165) is 17.0 Å². The van der Waals surface area contributed by atoms with Crippen molar-refractivity contribution in [1.29, 1.82) is 0 Å². The van der Waals surface area contributed by atoms with Gasteiger partial charge in [-0.05, 0) is 41.7 Å². The van der Waals surface area contributed by atoms with Crippen LogP contribution in [0.1, 0.15) is 22.6 Å². The lowest BCUT2D eigenvalue weighted by Crippen LogP contribution is -2.30. The quantitative estimate of drug-likeness (QED) is 0.892. The lowest BCUT2D eigenvalue weighted by molar-refractivity contribution is 0.133. The molecule has 18 heavy (non-hydrogen) atoms. The first-order valence-electron chi connectivity index (χ1n) is 6.24. The molecular formula is C16H15ClO. The normalized spacial score (nSPS) is 18.9. The van der Waals surface area contributed by atoms with Crippen LogP contribution in [0.3, 0.4) is 0 Å². The highest BCUT2D eigenvalue weighted by molar-refractivity contribution is 6.30. The second-order valence-corrected chi connectivity index (χ2v) is 5.34. The van der Waals surface area contributed by atoms with Gasteiger partial charge in [0.2, 0.25) is 0 Å². The van der Waals surface area contributed by atoms with E-state index in [1.54, 1.807) is 0 Å². The molecule has 0 radical (unpaired) electrons. The first kappa shape index (κ1) is 11.8. The number of fused-ring (bicyclic) bond motifs is 1. The van der Waals surface area contributed by atoms with Crippen LogP contribution in [0.5, 0.6) is 0 Å². The van der Waals surface area contributed by atoms with Crippen LogP contribution in [0.4, 0.5) is 0 Å². The summed E-state index contributed by atoms with van der Waals surface area (Å²) in [5, 5.41) is 11.0. The topological polar surface area (TPSA) is 20.2 Å². The Morgan fingerprint density at radius 1 is 1.11 bits per heavy atom. The minimum Gasteiger partial charge on any atom is -0.392 e. The van der Waals surface area contributed by atoms with Gasteiger partial charge >= 0.3 is 0 Å². The van der Waals surface area contributed by atoms with Crippen LogP contribution in [-0.2, 0) is 12.8 Å². The minimum atomic E-state index is -0.305. The monoisotopic (exact) mass is 258 g/mol. The van der Waals surface area contributed by atoms with Gasteiger partial charge in [-0.2, -0.15) is 0 Å². The fourth-order valence-corrected chi connectivity index (χ4v) is 2.77. The molecule has 0 bridgehead atoms. The Kier molecular flexibility index (Phi) is 3.11. The molecule has 0 heterocycles. The van der Waals surface area contributed by atoms with Gasteiger partial charge in [-0.1, -0.05) is 48.0 Å². The summed E-state index contributed by atoms with van der Waals surface area (Å²) < 4.78 is 0. The van der Waals surface area contributed by atoms with E-state index in [9.17, 15) is 5.11 Å². The summed E-state index contributed by atoms with van der Waals surface area (Å²) in [7, 11) is 0. The summed E-state index contributed by atoms with van der Waals surface area (Å²) >= 11 is 5.85. The number of aliphatic hydroxyl groups excluding tert-OH is 1. The molecule has 1 nitrogen and oxygen atoms in total. The van der Waals surface area contributed by atoms with E-state index in [2.05, 4.69) is 18.2 Å². The summed E-state index contributed by atoms with van der Waals surface area (Å²) in [6.07, 6.45) is 1.38. The van der Waals surface area contributed by atoms with E-state index in [0.29, 0.717) is 6.42 Å². The first-order valence-corrected chi connectivity index (χ1v) is 6.62. The Bertz CT molecular complexity index is 547. The maximum absolute atomic E-state index is 10.3. The van der Waals surface area contributed by atoms with Crippen molar-refractivity contribution in [3.05, 3.63) is 70.2 Å². The molecule has 0 saturated carbocycles. The van der Waals surface area contributed by atoms with Crippen LogP contribution >= 0.6 is 11.6 Å². The third kappa shape index (κ3) is 2.16. The molecule has 3 rings (SSSR count). The maximum atomic E-state index is 10.3. The molecule has 0 aliphatic heterocycles. The van der Waals surface area contributed by atoms with Gasteiger partial charge in [-0.25, -0.2) is 0 Å². The molecule has 1 aliphatic carbocycles. The molecule has 2 atom stereocenters. The van der Waals surface area contributed by atoms with Crippen LogP contribution in [0.15, 0.2) is 48.5 Å². The molecule has 2 heteroatoms. The smallest absolute Gasteiger partial charge is 0.0652 e. The molecule has 0 aromatic heterocycles. The van der Waals surface area contributed by atoms with E-state index >= 15 is 0 Å². The van der Waals surface area contributed by atoms with E-state index < -0.39 is 0 Å². The van der Waals surface area contributed by atoms with Gasteiger partial charge in [0.1, 0.15) is 0 Å². The van der Waals surface area contributed by atoms with E-state index in [1.165, 1.54) is 11.1 Å². The van der Waals surface area contributed by atoms with Gasteiger partial charge in [0.25, 0.3) is 0 Å². The van der Waals surface area contributed by atoms with Crippen LogP contribution in [0, 0.1) is 0 Å². The largest absolute Gasteiger partial charge is 0.392 e. The summed E-state index contributed by atoms with van der Waals surface area (Å²) in [6.45, 7) is 0. The Labute approximate surface area is 112 Å². The lowest BCUT2D eigenvalue weighted by Gasteiger charge is -2.34. The van der Waals surface area contributed by atoms with Crippen molar-refractivity contribution < 1.29 is 5.11 Å². The molecule has 2 aromatic carbocycles. The van der Waals surface area contributed by atoms with Crippen LogP contribution in [-0.4, -0.2) is 11.2 Å². The van der Waals surface area contributed by atoms with Crippen LogP contribution in [0.25, 0.3) is 0 Å². The predicted octanol–water partition coefficient (Wildman–Crippen LogP) is 3.58. The van der Waals surface area contributed by atoms with Crippen molar-refractivity contribution in [2.45, 2.75) is 24.9 Å². The number of hydrogen-bond acceptors (Lipinski definition) is 1. The van der Waals surface area contributed by atoms with Gasteiger partial charge in [-0.15, -0.1) is 0 Å². The molecule has 0 amide bonds. The molecule has 2 unspecified atom stereocenters. The van der Waals surface area contributed by atoms with Crippen molar-refractivity contribution >= 4 is 11.6 Å². The fourth-order valence-electron chi connectivity index (χ4n) is 2.65. The minimum absolute atomic E-state index is 0.289. The highest BCUT2D eigenvalue weighted by Gasteiger charge is 2.31. The predicted molar refractivity (Wildman–Crippen MR) is 74.0 cm³/mol. The average Bonchev–Trinajstić information content (AvgIpc) is 2.34. The van der Waals surface area contributed by atoms with E-state index in [1.807, 2.05) is 30.3 Å². The number of benzene rings is 2. The van der Waals surface area contributed by atoms with Gasteiger partial charge < -0.3 is 5.11 Å². The van der Waals surface area contributed by atoms with Gasteiger partial charge in [0, 0.05) is 10.9 Å². The summed E-state index contributed by atoms with van der Waals surface area (Å²) in [5.74, 6) is 0.289. The summed E-state index contributed by atoms with van der Waals surface area (Å²) in [5.41, 5.74) is 3.81. The fraction of sp³-hybridized carbons (Fsp3) is 0.250. The summed E-state index contributed by atoms with van der Waals surface area (Å²) in [6, 6.07) is 16.1. The van der Waals surface area contributed by atoms with Crippen molar-refractivity contribution in [2.75, 3.05) is 0 Å². The van der Waals surface area contributed by atoms with E-state index in [4.69, 9.17) is 11.6 Å². The van der Waals surface area contributed by atoms with Gasteiger partial charge in [0.05, 0.1) is 6.10 Å². The van der Waals surface area contributed by atoms with Crippen molar-refractivity contribution in [3.63, 3.8) is 0 Å². The number of halogens is 1. The molecule has 0 spiro atoms. The highest BCUT2D eigenvalue weighted by Crippen LogP contribution is 2.38. The second kappa shape index (κ2) is 4.75. The zero-order chi connectivity index (χ0) is 12.5. The first-order chi connectivity index (χ1) is 8.74. The van der Waals surface area contributed by atoms with Gasteiger partial charge in [0.15, 0.2) is 0 Å². The zero-order valence-corrected chi connectivity index (χ0v) is 10.8. The van der Waals surface area contributed by atoms with E-state index in [-0.39, 0.29) is 12.0 Å². The third-order valence-electron chi connectivity index (χ3n) is 3.72. The Morgan fingerprint density at radius 3 is 2.56 bits per heavy atom. The molecular weight excluding hydrogens is 244 g/mol. The second-order valence-electron chi connectivity index (χ2n) is 4.91. The van der Waals surface area contributed by atoms with Crippen molar-refractivity contribution in [2.24, 2.45) is 0 Å². The molecule has 92 valence electrons.